The van der Waals surface area contributed by atoms with Gasteiger partial charge in [0.05, 0.1) is 5.69 Å². The number of hydrogen-bond donors (Lipinski definition) is 1. The minimum Gasteiger partial charge on any atom is -0.332 e. The second-order valence-corrected chi connectivity index (χ2v) is 8.14. The van der Waals surface area contributed by atoms with E-state index >= 15 is 0 Å². The van der Waals surface area contributed by atoms with Crippen LogP contribution in [-0.2, 0) is 13.0 Å². The van der Waals surface area contributed by atoms with Crippen molar-refractivity contribution in [3.63, 3.8) is 0 Å². The molecule has 4 heterocycles. The van der Waals surface area contributed by atoms with E-state index in [1.54, 1.807) is 0 Å². The van der Waals surface area contributed by atoms with Gasteiger partial charge in [0.2, 0.25) is 0 Å². The summed E-state index contributed by atoms with van der Waals surface area (Å²) in [6, 6.07) is 1.86. The average molecular weight is 368 g/mol. The van der Waals surface area contributed by atoms with E-state index < -0.39 is 0 Å². The van der Waals surface area contributed by atoms with Crippen LogP contribution in [0.25, 0.3) is 0 Å². The summed E-state index contributed by atoms with van der Waals surface area (Å²) in [5, 5.41) is 7.16. The highest BCUT2D eigenvalue weighted by Crippen LogP contribution is 2.26. The first-order chi connectivity index (χ1) is 13.0. The van der Waals surface area contributed by atoms with Crippen LogP contribution in [0.2, 0.25) is 0 Å². The van der Waals surface area contributed by atoms with Crippen molar-refractivity contribution in [3.05, 3.63) is 40.7 Å². The Labute approximate surface area is 160 Å². The third kappa shape index (κ3) is 3.74. The number of carbonyl (C=O) groups excluding carboxylic acids is 1. The van der Waals surface area contributed by atoms with Gasteiger partial charge >= 0.3 is 0 Å². The summed E-state index contributed by atoms with van der Waals surface area (Å²) in [7, 11) is 2.16. The molecule has 1 saturated heterocycles. The number of carbonyl (C=O) groups is 1. The number of nitrogens with one attached hydrogen (secondary N) is 1. The monoisotopic (exact) mass is 368 g/mol. The molecule has 2 aliphatic heterocycles. The lowest BCUT2D eigenvalue weighted by atomic mass is 9.97. The largest absolute Gasteiger partial charge is 0.332 e. The van der Waals surface area contributed by atoms with E-state index in [1.165, 1.54) is 6.42 Å². The van der Waals surface area contributed by atoms with E-state index in [4.69, 9.17) is 4.98 Å². The first kappa shape index (κ1) is 18.1. The number of hydrogen-bond acceptors (Lipinski definition) is 5. The molecule has 1 fully saturated rings. The number of nitrogens with zero attached hydrogens (tertiary/aromatic N) is 5. The van der Waals surface area contributed by atoms with Crippen LogP contribution in [0.15, 0.2) is 12.3 Å². The minimum atomic E-state index is -0.0261. The van der Waals surface area contributed by atoms with Crippen LogP contribution in [-0.4, -0.2) is 62.6 Å². The Morgan fingerprint density at radius 1 is 1.33 bits per heavy atom. The SMILES string of the molecule is CC(C)c1cc(C(=O)N2CCc3nc([C@@H]4CCCN(C)C4)ncc3C2)n[nH]1. The number of rotatable bonds is 3. The predicted octanol–water partition coefficient (Wildman–Crippen LogP) is 2.33. The van der Waals surface area contributed by atoms with Crippen molar-refractivity contribution in [2.45, 2.75) is 51.5 Å². The Hall–Kier alpha value is -2.28. The molecule has 2 aromatic rings. The van der Waals surface area contributed by atoms with Crippen molar-refractivity contribution < 1.29 is 4.79 Å². The lowest BCUT2D eigenvalue weighted by Crippen LogP contribution is -2.37. The van der Waals surface area contributed by atoms with E-state index in [1.807, 2.05) is 17.2 Å². The third-order valence-electron chi connectivity index (χ3n) is 5.67. The number of aromatic nitrogens is 4. The van der Waals surface area contributed by atoms with Gasteiger partial charge in [0.15, 0.2) is 0 Å². The third-order valence-corrected chi connectivity index (χ3v) is 5.67. The number of likely N-dealkylation sites (tertiary alicyclic amines) is 1. The smallest absolute Gasteiger partial charge is 0.274 e. The van der Waals surface area contributed by atoms with Crippen LogP contribution >= 0.6 is 0 Å². The van der Waals surface area contributed by atoms with Crippen molar-refractivity contribution in [3.8, 4) is 0 Å². The predicted molar refractivity (Wildman–Crippen MR) is 103 cm³/mol. The van der Waals surface area contributed by atoms with Gasteiger partial charge < -0.3 is 9.80 Å². The van der Waals surface area contributed by atoms with Crippen LogP contribution in [0.4, 0.5) is 0 Å². The van der Waals surface area contributed by atoms with Gasteiger partial charge in [0.1, 0.15) is 11.5 Å². The highest BCUT2D eigenvalue weighted by Gasteiger charge is 2.27. The molecule has 1 atom stereocenters. The summed E-state index contributed by atoms with van der Waals surface area (Å²) in [4.78, 5) is 26.5. The van der Waals surface area contributed by atoms with Gasteiger partial charge in [-0.2, -0.15) is 5.10 Å². The zero-order valence-corrected chi connectivity index (χ0v) is 16.4. The second-order valence-electron chi connectivity index (χ2n) is 8.14. The Morgan fingerprint density at radius 3 is 2.93 bits per heavy atom. The first-order valence-electron chi connectivity index (χ1n) is 9.89. The lowest BCUT2D eigenvalue weighted by molar-refractivity contribution is 0.0727. The molecular weight excluding hydrogens is 340 g/mol. The second kappa shape index (κ2) is 7.38. The van der Waals surface area contributed by atoms with Gasteiger partial charge in [-0.15, -0.1) is 0 Å². The van der Waals surface area contributed by atoms with E-state index in [2.05, 4.69) is 41.0 Å². The normalized spacial score (nSPS) is 20.7. The van der Waals surface area contributed by atoms with Crippen molar-refractivity contribution in [1.82, 2.24) is 30.0 Å². The van der Waals surface area contributed by atoms with Gasteiger partial charge in [-0.3, -0.25) is 9.89 Å². The molecule has 0 unspecified atom stereocenters. The molecule has 1 amide bonds. The molecule has 0 aromatic carbocycles. The molecule has 27 heavy (non-hydrogen) atoms. The fraction of sp³-hybridized carbons (Fsp3) is 0.600. The molecule has 0 aliphatic carbocycles. The summed E-state index contributed by atoms with van der Waals surface area (Å²) in [5.74, 6) is 1.69. The molecule has 0 spiro atoms. The van der Waals surface area contributed by atoms with Gasteiger partial charge in [0, 0.05) is 49.4 Å². The average Bonchev–Trinajstić information content (AvgIpc) is 3.17. The van der Waals surface area contributed by atoms with Crippen LogP contribution in [0.5, 0.6) is 0 Å². The number of fused-ring (bicyclic) bond motifs is 1. The number of aromatic amines is 1. The Balaban J connectivity index is 1.47. The van der Waals surface area contributed by atoms with Crippen molar-refractivity contribution in [1.29, 1.82) is 0 Å². The Kier molecular flexibility index (Phi) is 4.95. The zero-order chi connectivity index (χ0) is 19.0. The van der Waals surface area contributed by atoms with E-state index in [0.29, 0.717) is 30.6 Å². The van der Waals surface area contributed by atoms with Gasteiger partial charge in [-0.1, -0.05) is 13.8 Å². The van der Waals surface area contributed by atoms with Crippen LogP contribution in [0, 0.1) is 0 Å². The minimum absolute atomic E-state index is 0.0261. The molecule has 1 N–H and O–H groups in total. The van der Waals surface area contributed by atoms with Gasteiger partial charge in [-0.05, 0) is 38.4 Å². The highest BCUT2D eigenvalue weighted by atomic mass is 16.2. The number of H-pyrrole nitrogens is 1. The maximum atomic E-state index is 12.8. The fourth-order valence-corrected chi connectivity index (χ4v) is 3.98. The van der Waals surface area contributed by atoms with E-state index in [-0.39, 0.29) is 5.91 Å². The highest BCUT2D eigenvalue weighted by molar-refractivity contribution is 5.92. The summed E-state index contributed by atoms with van der Waals surface area (Å²) < 4.78 is 0. The number of amides is 1. The first-order valence-corrected chi connectivity index (χ1v) is 9.89. The number of likely N-dealkylation sites (N-methyl/N-ethyl adjacent to an activating group) is 1. The van der Waals surface area contributed by atoms with Crippen molar-refractivity contribution in [2.24, 2.45) is 0 Å². The molecular formula is C20H28N6O. The standard InChI is InChI=1S/C20H28N6O/c1-13(2)17-9-18(24-23-17)20(27)26-8-6-16-15(12-26)10-21-19(22-16)14-5-4-7-25(3)11-14/h9-10,13-14H,4-8,11-12H2,1-3H3,(H,23,24)/t14-/m1/s1. The Morgan fingerprint density at radius 2 is 2.19 bits per heavy atom. The summed E-state index contributed by atoms with van der Waals surface area (Å²) >= 11 is 0. The van der Waals surface area contributed by atoms with Crippen LogP contribution in [0.1, 0.15) is 71.8 Å². The topological polar surface area (TPSA) is 78.0 Å². The molecule has 4 rings (SSSR count). The molecule has 144 valence electrons. The summed E-state index contributed by atoms with van der Waals surface area (Å²) in [5.41, 5.74) is 3.63. The molecule has 0 radical (unpaired) electrons. The van der Waals surface area contributed by atoms with Crippen LogP contribution in [0.3, 0.4) is 0 Å². The maximum absolute atomic E-state index is 12.8. The van der Waals surface area contributed by atoms with E-state index in [9.17, 15) is 4.79 Å². The quantitative estimate of drug-likeness (QED) is 0.900. The molecule has 0 saturated carbocycles. The summed E-state index contributed by atoms with van der Waals surface area (Å²) in [6.45, 7) is 7.58. The fourth-order valence-electron chi connectivity index (χ4n) is 3.98. The number of piperidine rings is 1. The lowest BCUT2D eigenvalue weighted by Gasteiger charge is -2.30. The van der Waals surface area contributed by atoms with Crippen molar-refractivity contribution in [2.75, 3.05) is 26.7 Å². The van der Waals surface area contributed by atoms with Gasteiger partial charge in [-0.25, -0.2) is 9.97 Å². The molecule has 2 aromatic heterocycles. The molecule has 2 aliphatic rings. The Bertz CT molecular complexity index is 830. The zero-order valence-electron chi connectivity index (χ0n) is 16.4. The molecule has 7 nitrogen and oxygen atoms in total. The van der Waals surface area contributed by atoms with E-state index in [0.717, 1.165) is 48.7 Å². The summed E-state index contributed by atoms with van der Waals surface area (Å²) in [6.07, 6.45) is 5.06. The van der Waals surface area contributed by atoms with Crippen molar-refractivity contribution >= 4 is 5.91 Å². The molecule has 7 heteroatoms. The maximum Gasteiger partial charge on any atom is 0.274 e. The molecule has 0 bridgehead atoms. The van der Waals surface area contributed by atoms with Crippen LogP contribution < -0.4 is 0 Å². The van der Waals surface area contributed by atoms with Gasteiger partial charge in [0.25, 0.3) is 5.91 Å².